The van der Waals surface area contributed by atoms with Crippen LogP contribution in [0, 0.1) is 11.8 Å². The van der Waals surface area contributed by atoms with Crippen molar-refractivity contribution in [3.05, 3.63) is 138 Å². The number of hydrogen-bond acceptors (Lipinski definition) is 10. The van der Waals surface area contributed by atoms with Gasteiger partial charge in [0.2, 0.25) is 11.8 Å². The number of likely N-dealkylation sites (tertiary alicyclic amines) is 2. The Bertz CT molecular complexity index is 2920. The largest absolute Gasteiger partial charge is 0.444 e. The summed E-state index contributed by atoms with van der Waals surface area (Å²) in [4.78, 5) is 49.6. The Labute approximate surface area is 540 Å². The zero-order valence-electron chi connectivity index (χ0n) is 51.2. The van der Waals surface area contributed by atoms with Crippen LogP contribution in [0.5, 0.6) is 0 Å². The van der Waals surface area contributed by atoms with Gasteiger partial charge in [0.15, 0.2) is 0 Å². The molecular formula is C63H92Cl4N6O7S4. The van der Waals surface area contributed by atoms with Gasteiger partial charge in [-0.15, -0.1) is 0 Å². The summed E-state index contributed by atoms with van der Waals surface area (Å²) in [7, 11) is 5.50. The Hall–Kier alpha value is -2.91. The van der Waals surface area contributed by atoms with Crippen molar-refractivity contribution < 1.29 is 32.6 Å². The van der Waals surface area contributed by atoms with E-state index in [-0.39, 0.29) is 73.3 Å². The van der Waals surface area contributed by atoms with Crippen LogP contribution in [0.1, 0.15) is 127 Å². The molecule has 3 amide bonds. The van der Waals surface area contributed by atoms with Crippen LogP contribution < -0.4 is 5.32 Å². The van der Waals surface area contributed by atoms with E-state index in [4.69, 9.17) is 56.2 Å². The third-order valence-electron chi connectivity index (χ3n) is 16.9. The minimum absolute atomic E-state index is 0. The quantitative estimate of drug-likeness (QED) is 0.111. The van der Waals surface area contributed by atoms with Crippen LogP contribution in [0.4, 0.5) is 4.79 Å². The molecule has 8 rings (SSSR count). The molecule has 468 valence electrons. The van der Waals surface area contributed by atoms with Crippen molar-refractivity contribution in [3.8, 4) is 0 Å². The Morgan fingerprint density at radius 2 is 1.04 bits per heavy atom. The van der Waals surface area contributed by atoms with Gasteiger partial charge in [0, 0.05) is 98.9 Å². The second-order valence-corrected chi connectivity index (χ2v) is 29.3. The lowest BCUT2D eigenvalue weighted by Crippen LogP contribution is -2.57. The van der Waals surface area contributed by atoms with Crippen LogP contribution >= 0.6 is 73.4 Å². The molecule has 2 N–H and O–H groups in total. The maximum Gasteiger partial charge on any atom is 0.410 e. The molecule has 4 aromatic carbocycles. The predicted molar refractivity (Wildman–Crippen MR) is 358 cm³/mol. The monoisotopic (exact) mass is 1310 g/mol. The lowest BCUT2D eigenvalue weighted by atomic mass is 9.83. The Kier molecular flexibility index (Phi) is 27.6. The summed E-state index contributed by atoms with van der Waals surface area (Å²) in [6.07, 6.45) is 4.25. The highest BCUT2D eigenvalue weighted by Crippen LogP contribution is 2.49. The minimum atomic E-state index is -0.965. The summed E-state index contributed by atoms with van der Waals surface area (Å²) in [5.74, 6) is 1.09. The number of aliphatic hydroxyl groups excluding tert-OH is 1. The number of amides is 3. The first kappa shape index (κ1) is 73.6. The third-order valence-corrected chi connectivity index (χ3v) is 22.6. The second-order valence-electron chi connectivity index (χ2n) is 24.1. The molecule has 21 heteroatoms. The number of likely N-dealkylation sites (N-methyl/N-ethyl adjacent to an activating group) is 4. The number of halogens is 4. The highest BCUT2D eigenvalue weighted by Gasteiger charge is 2.50. The number of nitrogens with one attached hydrogen (secondary N) is 1. The molecule has 4 heterocycles. The van der Waals surface area contributed by atoms with E-state index in [1.54, 1.807) is 43.0 Å². The van der Waals surface area contributed by atoms with Gasteiger partial charge in [0.25, 0.3) is 0 Å². The number of ether oxygens (including phenoxy) is 1. The van der Waals surface area contributed by atoms with E-state index in [0.717, 1.165) is 76.0 Å². The molecule has 2 saturated heterocycles. The molecule has 4 aromatic rings. The average molecular weight is 1320 g/mol. The minimum Gasteiger partial charge on any atom is -0.444 e. The molecule has 0 aliphatic carbocycles. The number of fused-ring (bicyclic) bond motifs is 4. The van der Waals surface area contributed by atoms with Crippen molar-refractivity contribution >= 4 is 113 Å². The fraction of sp³-hybridized carbons (Fsp3) is 0.571. The molecule has 4 atom stereocenters. The molecule has 84 heavy (non-hydrogen) atoms. The van der Waals surface area contributed by atoms with Crippen LogP contribution in [-0.4, -0.2) is 149 Å². The molecule has 2 fully saturated rings. The molecule has 0 aromatic heterocycles. The number of benzene rings is 4. The number of nitrogens with zero attached hydrogens (tertiary/aromatic N) is 5. The van der Waals surface area contributed by atoms with Gasteiger partial charge in [0.05, 0.1) is 40.7 Å². The summed E-state index contributed by atoms with van der Waals surface area (Å²) in [5, 5.41) is 12.9. The first-order chi connectivity index (χ1) is 38.6. The molecule has 0 bridgehead atoms. The first-order valence-corrected chi connectivity index (χ1v) is 32.8. The van der Waals surface area contributed by atoms with Crippen molar-refractivity contribution in [2.75, 3.05) is 87.2 Å². The number of hydrogen-bond donors (Lipinski definition) is 2. The van der Waals surface area contributed by atoms with Crippen LogP contribution in [0.3, 0.4) is 0 Å². The van der Waals surface area contributed by atoms with Gasteiger partial charge >= 0.3 is 6.09 Å². The first-order valence-electron chi connectivity index (χ1n) is 28.7. The normalized spacial score (nSPS) is 19.2. The summed E-state index contributed by atoms with van der Waals surface area (Å²) in [5.41, 5.74) is 4.61. The molecule has 4 aliphatic rings. The number of piperidine rings is 2. The van der Waals surface area contributed by atoms with Crippen LogP contribution in [0.25, 0.3) is 0 Å². The molecule has 4 aliphatic heterocycles. The van der Waals surface area contributed by atoms with E-state index in [1.165, 1.54) is 22.3 Å². The van der Waals surface area contributed by atoms with Gasteiger partial charge in [-0.1, -0.05) is 135 Å². The SMILES string of the molecule is CC(C)C(=O)N(C)C[C@](CCN1CCC2(CC1)c1ccccc1CS2=O)(c1ccc(Cl)c(Cl)c1)N(C)C(=O)OC(C)(C)C.CCO.CN[C@](CCN1CCC2(CC1)c1ccccc1CS2=O)(CN(C)C(=O)C(C)C)c1ccc(Cl)c(Cl)c1.S.S. The zero-order valence-corrected chi connectivity index (χ0v) is 57.9. The van der Waals surface area contributed by atoms with Gasteiger partial charge in [-0.05, 0) is 157 Å². The Balaban J connectivity index is 0.000000341. The standard InChI is InChI=1S/C33H45Cl2N3O4S.C28H37Cl2N3O2S.C2H6O.2H2S/c1-23(2)29(39)36(6)22-32(25-12-13-27(34)28(35)20-25,37(7)30(40)42-31(3,4)5)14-17-38-18-15-33(16-19-38)26-11-9-8-10-24(26)21-43(33)41;1-20(2)26(34)32(4)19-27(31-3,22-9-10-24(29)25(30)17-22)11-14-33-15-12-28(13-16-33)23-8-6-5-7-21(23)18-36(28)35;1-2-3;;/h8-13,20,23H,14-19,21-22H2,1-7H3;5-10,17,20,31H,11-16,18-19H2,1-4H3;3H,2H2,1H3;2*1H2/t32-,43?;27-,36?;;;/m11.../s1. The Morgan fingerprint density at radius 3 is 1.44 bits per heavy atom. The Morgan fingerprint density at radius 1 is 0.643 bits per heavy atom. The number of carbonyl (C=O) groups excluding carboxylic acids is 3. The smallest absolute Gasteiger partial charge is 0.410 e. The van der Waals surface area contributed by atoms with Crippen molar-refractivity contribution in [1.29, 1.82) is 0 Å². The summed E-state index contributed by atoms with van der Waals surface area (Å²) in [6, 6.07) is 27.9. The summed E-state index contributed by atoms with van der Waals surface area (Å²) >= 11 is 25.5. The lowest BCUT2D eigenvalue weighted by molar-refractivity contribution is -0.135. The lowest BCUT2D eigenvalue weighted by Gasteiger charge is -2.46. The summed E-state index contributed by atoms with van der Waals surface area (Å²) in [6.45, 7) is 20.7. The fourth-order valence-electron chi connectivity index (χ4n) is 12.3. The third kappa shape index (κ3) is 16.9. The van der Waals surface area contributed by atoms with Crippen LogP contribution in [-0.2, 0) is 68.0 Å². The van der Waals surface area contributed by atoms with E-state index < -0.39 is 44.4 Å². The number of carbonyl (C=O) groups is 3. The van der Waals surface area contributed by atoms with Crippen LogP contribution in [0.15, 0.2) is 84.9 Å². The molecule has 0 saturated carbocycles. The maximum absolute atomic E-state index is 13.7. The average Bonchev–Trinajstić information content (AvgIpc) is 2.64. The van der Waals surface area contributed by atoms with Crippen molar-refractivity contribution in [3.63, 3.8) is 0 Å². The predicted octanol–water partition coefficient (Wildman–Crippen LogP) is 12.2. The van der Waals surface area contributed by atoms with Gasteiger partial charge < -0.3 is 34.8 Å². The van der Waals surface area contributed by atoms with Crippen LogP contribution in [0.2, 0.25) is 20.1 Å². The summed E-state index contributed by atoms with van der Waals surface area (Å²) < 4.78 is 31.9. The van der Waals surface area contributed by atoms with Gasteiger partial charge in [0.1, 0.15) is 5.60 Å². The highest BCUT2D eigenvalue weighted by atomic mass is 35.5. The molecule has 2 unspecified atom stereocenters. The second kappa shape index (κ2) is 31.5. The van der Waals surface area contributed by atoms with E-state index in [9.17, 15) is 22.8 Å². The highest BCUT2D eigenvalue weighted by molar-refractivity contribution is 7.85. The topological polar surface area (TPSA) is 143 Å². The van der Waals surface area contributed by atoms with Gasteiger partial charge in [-0.25, -0.2) is 4.79 Å². The molecule has 13 nitrogen and oxygen atoms in total. The molecular weight excluding hydrogens is 1220 g/mol. The van der Waals surface area contributed by atoms with E-state index in [1.807, 2.05) is 110 Å². The van der Waals surface area contributed by atoms with E-state index in [2.05, 4.69) is 45.4 Å². The van der Waals surface area contributed by atoms with E-state index in [0.29, 0.717) is 51.1 Å². The van der Waals surface area contributed by atoms with Crippen molar-refractivity contribution in [2.45, 2.75) is 132 Å². The number of rotatable bonds is 16. The zero-order chi connectivity index (χ0) is 60.5. The molecule has 0 radical (unpaired) electrons. The number of aliphatic hydroxyl groups is 1. The van der Waals surface area contributed by atoms with Crippen molar-refractivity contribution in [1.82, 2.24) is 29.8 Å². The van der Waals surface area contributed by atoms with Crippen molar-refractivity contribution in [2.24, 2.45) is 11.8 Å². The van der Waals surface area contributed by atoms with Gasteiger partial charge in [-0.2, -0.15) is 27.0 Å². The fourth-order valence-corrected chi connectivity index (χ4v) is 16.7. The molecule has 2 spiro atoms. The van der Waals surface area contributed by atoms with E-state index >= 15 is 0 Å². The maximum atomic E-state index is 13.7. The van der Waals surface area contributed by atoms with Gasteiger partial charge in [-0.3, -0.25) is 22.9 Å².